The molecule has 1 saturated carbocycles. The van der Waals surface area contributed by atoms with Crippen LogP contribution >= 0.6 is 0 Å². The molecule has 1 aliphatic carbocycles. The molecule has 1 aromatic heterocycles. The van der Waals surface area contributed by atoms with Gasteiger partial charge in [-0.3, -0.25) is 0 Å². The van der Waals surface area contributed by atoms with E-state index in [0.29, 0.717) is 23.2 Å². The zero-order chi connectivity index (χ0) is 11.1. The molecule has 0 spiro atoms. The lowest BCUT2D eigenvalue weighted by molar-refractivity contribution is 0.470. The molecule has 0 aromatic carbocycles. The summed E-state index contributed by atoms with van der Waals surface area (Å²) >= 11 is 0. The maximum Gasteiger partial charge on any atom is 0.315 e. The van der Waals surface area contributed by atoms with Crippen LogP contribution in [-0.2, 0) is 0 Å². The number of nitrogens with zero attached hydrogens (tertiary/aromatic N) is 2. The Hall–Kier alpha value is -1.10. The zero-order valence-corrected chi connectivity index (χ0v) is 9.45. The molecule has 1 aromatic rings. The number of aromatic nitrogens is 2. The van der Waals surface area contributed by atoms with Gasteiger partial charge in [0.05, 0.1) is 6.04 Å². The molecule has 1 fully saturated rings. The minimum absolute atomic E-state index is 0.203. The third-order valence-electron chi connectivity index (χ3n) is 3.05. The van der Waals surface area contributed by atoms with Crippen molar-refractivity contribution in [1.82, 2.24) is 10.2 Å². The smallest absolute Gasteiger partial charge is 0.315 e. The predicted molar refractivity (Wildman–Crippen MR) is 57.3 cm³/mol. The number of hydrogen-bond acceptors (Lipinski definition) is 5. The summed E-state index contributed by atoms with van der Waals surface area (Å²) in [5.41, 5.74) is 6.08. The van der Waals surface area contributed by atoms with E-state index in [2.05, 4.69) is 29.4 Å². The fourth-order valence-corrected chi connectivity index (χ4v) is 1.63. The fraction of sp³-hybridized carbons (Fsp3) is 0.800. The Kier molecular flexibility index (Phi) is 2.42. The second-order valence-corrected chi connectivity index (χ2v) is 5.00. The third kappa shape index (κ3) is 2.28. The largest absolute Gasteiger partial charge is 0.406 e. The van der Waals surface area contributed by atoms with Crippen LogP contribution in [-0.4, -0.2) is 16.7 Å². The molecule has 5 nitrogen and oxygen atoms in total. The van der Waals surface area contributed by atoms with Crippen LogP contribution in [0.2, 0.25) is 0 Å². The first-order chi connectivity index (χ1) is 6.99. The molecular formula is C10H18N4O. The summed E-state index contributed by atoms with van der Waals surface area (Å²) in [6.07, 6.45) is 1.26. The van der Waals surface area contributed by atoms with Crippen molar-refractivity contribution in [2.45, 2.75) is 33.2 Å². The highest BCUT2D eigenvalue weighted by Gasteiger charge is 2.45. The van der Waals surface area contributed by atoms with Gasteiger partial charge in [0.1, 0.15) is 0 Å². The van der Waals surface area contributed by atoms with Gasteiger partial charge >= 0.3 is 6.01 Å². The standard InChI is InChI=1S/C10H18N4O/c1-6(11)8-13-14-9(15-8)12-5-7-4-10(7,2)3/h6-7H,4-5,11H2,1-3H3,(H,12,14). The predicted octanol–water partition coefficient (Wildman–Crippen LogP) is 1.55. The molecule has 15 heavy (non-hydrogen) atoms. The van der Waals surface area contributed by atoms with Gasteiger partial charge in [0.2, 0.25) is 5.89 Å². The summed E-state index contributed by atoms with van der Waals surface area (Å²) in [6, 6.07) is 0.274. The van der Waals surface area contributed by atoms with E-state index >= 15 is 0 Å². The Morgan fingerprint density at radius 1 is 1.60 bits per heavy atom. The Labute approximate surface area is 89.4 Å². The van der Waals surface area contributed by atoms with Crippen molar-refractivity contribution in [3.05, 3.63) is 5.89 Å². The molecule has 0 aliphatic heterocycles. The van der Waals surface area contributed by atoms with Crippen LogP contribution in [0.4, 0.5) is 6.01 Å². The average Bonchev–Trinajstić information content (AvgIpc) is 2.63. The molecule has 1 heterocycles. The van der Waals surface area contributed by atoms with Crippen molar-refractivity contribution in [2.75, 3.05) is 11.9 Å². The van der Waals surface area contributed by atoms with E-state index in [4.69, 9.17) is 10.2 Å². The Morgan fingerprint density at radius 2 is 2.27 bits per heavy atom. The van der Waals surface area contributed by atoms with Gasteiger partial charge in [-0.1, -0.05) is 18.9 Å². The second kappa shape index (κ2) is 3.48. The van der Waals surface area contributed by atoms with Crippen molar-refractivity contribution < 1.29 is 4.42 Å². The summed E-state index contributed by atoms with van der Waals surface area (Å²) in [4.78, 5) is 0. The Bertz CT molecular complexity index is 345. The van der Waals surface area contributed by atoms with Crippen LogP contribution in [0.25, 0.3) is 0 Å². The summed E-state index contributed by atoms with van der Waals surface area (Å²) in [6.45, 7) is 7.25. The lowest BCUT2D eigenvalue weighted by atomic mass is 10.1. The van der Waals surface area contributed by atoms with Crippen molar-refractivity contribution in [3.63, 3.8) is 0 Å². The van der Waals surface area contributed by atoms with E-state index in [-0.39, 0.29) is 6.04 Å². The lowest BCUT2D eigenvalue weighted by Gasteiger charge is -2.02. The van der Waals surface area contributed by atoms with Gasteiger partial charge in [0.15, 0.2) is 0 Å². The molecule has 2 rings (SSSR count). The number of rotatable bonds is 4. The third-order valence-corrected chi connectivity index (χ3v) is 3.05. The van der Waals surface area contributed by atoms with Crippen LogP contribution in [0, 0.1) is 11.3 Å². The van der Waals surface area contributed by atoms with Gasteiger partial charge in [0, 0.05) is 6.54 Å². The number of nitrogens with one attached hydrogen (secondary N) is 1. The maximum atomic E-state index is 5.61. The molecular weight excluding hydrogens is 192 g/mol. The molecule has 3 N–H and O–H groups in total. The van der Waals surface area contributed by atoms with E-state index < -0.39 is 0 Å². The van der Waals surface area contributed by atoms with Gasteiger partial charge in [-0.25, -0.2) is 0 Å². The number of hydrogen-bond donors (Lipinski definition) is 2. The van der Waals surface area contributed by atoms with Crippen molar-refractivity contribution >= 4 is 6.01 Å². The topological polar surface area (TPSA) is 77.0 Å². The highest BCUT2D eigenvalue weighted by Crippen LogP contribution is 2.51. The van der Waals surface area contributed by atoms with Crippen LogP contribution in [0.1, 0.15) is 39.1 Å². The van der Waals surface area contributed by atoms with Gasteiger partial charge in [0.25, 0.3) is 0 Å². The fourth-order valence-electron chi connectivity index (χ4n) is 1.63. The van der Waals surface area contributed by atoms with Gasteiger partial charge in [-0.2, -0.15) is 0 Å². The Morgan fingerprint density at radius 3 is 2.73 bits per heavy atom. The SMILES string of the molecule is CC(N)c1nnc(NCC2CC2(C)C)o1. The monoisotopic (exact) mass is 210 g/mol. The summed E-state index contributed by atoms with van der Waals surface area (Å²) in [5.74, 6) is 1.19. The van der Waals surface area contributed by atoms with Crippen molar-refractivity contribution in [2.24, 2.45) is 17.1 Å². The van der Waals surface area contributed by atoms with E-state index in [1.54, 1.807) is 0 Å². The van der Waals surface area contributed by atoms with Crippen LogP contribution in [0.15, 0.2) is 4.42 Å². The van der Waals surface area contributed by atoms with Gasteiger partial charge in [-0.15, -0.1) is 5.10 Å². The molecule has 0 saturated heterocycles. The number of nitrogens with two attached hydrogens (primary N) is 1. The summed E-state index contributed by atoms with van der Waals surface area (Å²) < 4.78 is 5.33. The molecule has 0 radical (unpaired) electrons. The molecule has 0 bridgehead atoms. The van der Waals surface area contributed by atoms with Gasteiger partial charge in [-0.05, 0) is 24.7 Å². The molecule has 5 heteroatoms. The Balaban J connectivity index is 1.84. The second-order valence-electron chi connectivity index (χ2n) is 5.00. The molecule has 1 aliphatic rings. The number of anilines is 1. The average molecular weight is 210 g/mol. The van der Waals surface area contributed by atoms with Crippen LogP contribution < -0.4 is 11.1 Å². The van der Waals surface area contributed by atoms with E-state index in [9.17, 15) is 0 Å². The molecule has 84 valence electrons. The summed E-state index contributed by atoms with van der Waals surface area (Å²) in [7, 11) is 0. The molecule has 2 unspecified atom stereocenters. The minimum Gasteiger partial charge on any atom is -0.406 e. The first-order valence-electron chi connectivity index (χ1n) is 5.32. The van der Waals surface area contributed by atoms with E-state index in [0.717, 1.165) is 6.54 Å². The minimum atomic E-state index is -0.203. The van der Waals surface area contributed by atoms with Crippen LogP contribution in [0.3, 0.4) is 0 Å². The highest BCUT2D eigenvalue weighted by atomic mass is 16.4. The van der Waals surface area contributed by atoms with Crippen LogP contribution in [0.5, 0.6) is 0 Å². The lowest BCUT2D eigenvalue weighted by Crippen LogP contribution is -2.07. The molecule has 0 amide bonds. The summed E-state index contributed by atoms with van der Waals surface area (Å²) in [5, 5.41) is 10.9. The first kappa shape index (κ1) is 10.4. The maximum absolute atomic E-state index is 5.61. The molecule has 2 atom stereocenters. The van der Waals surface area contributed by atoms with E-state index in [1.807, 2.05) is 6.92 Å². The van der Waals surface area contributed by atoms with Gasteiger partial charge < -0.3 is 15.5 Å². The van der Waals surface area contributed by atoms with Crippen molar-refractivity contribution in [1.29, 1.82) is 0 Å². The van der Waals surface area contributed by atoms with Crippen molar-refractivity contribution in [3.8, 4) is 0 Å². The first-order valence-corrected chi connectivity index (χ1v) is 5.32. The highest BCUT2D eigenvalue weighted by molar-refractivity contribution is 5.19. The quantitative estimate of drug-likeness (QED) is 0.788. The zero-order valence-electron chi connectivity index (χ0n) is 9.45. The van der Waals surface area contributed by atoms with E-state index in [1.165, 1.54) is 6.42 Å². The normalized spacial score (nSPS) is 24.9.